The molecule has 2 aromatic heterocycles. The Labute approximate surface area is 138 Å². The fraction of sp³-hybridized carbons (Fsp3) is 0.278. The summed E-state index contributed by atoms with van der Waals surface area (Å²) < 4.78 is 21.2. The molecule has 6 heteroatoms. The van der Waals surface area contributed by atoms with Crippen LogP contribution in [0.25, 0.3) is 5.65 Å². The van der Waals surface area contributed by atoms with Gasteiger partial charge in [-0.05, 0) is 42.3 Å². The summed E-state index contributed by atoms with van der Waals surface area (Å²) in [5.41, 5.74) is 3.56. The lowest BCUT2D eigenvalue weighted by atomic mass is 10.1. The van der Waals surface area contributed by atoms with Crippen molar-refractivity contribution in [2.45, 2.75) is 32.2 Å². The van der Waals surface area contributed by atoms with Crippen molar-refractivity contribution in [1.82, 2.24) is 9.38 Å². The summed E-state index contributed by atoms with van der Waals surface area (Å²) in [6.45, 7) is 1.70. The normalized spacial score (nSPS) is 19.7. The summed E-state index contributed by atoms with van der Waals surface area (Å²) in [4.78, 5) is 4.46. The zero-order valence-corrected chi connectivity index (χ0v) is 13.1. The minimum atomic E-state index is -0.740. The van der Waals surface area contributed by atoms with Crippen LogP contribution in [0.1, 0.15) is 28.6 Å². The number of pyridine rings is 1. The Kier molecular flexibility index (Phi) is 3.51. The zero-order chi connectivity index (χ0) is 16.8. The predicted octanol–water partition coefficient (Wildman–Crippen LogP) is 2.31. The smallest absolute Gasteiger partial charge is 0.180 e. The zero-order valence-electron chi connectivity index (χ0n) is 13.1. The van der Waals surface area contributed by atoms with Crippen LogP contribution in [0.2, 0.25) is 0 Å². The fourth-order valence-electron chi connectivity index (χ4n) is 3.33. The largest absolute Gasteiger partial charge is 0.479 e. The summed E-state index contributed by atoms with van der Waals surface area (Å²) in [6.07, 6.45) is 0.857. The number of aryl methyl sites for hydroxylation is 1. The minimum Gasteiger partial charge on any atom is -0.479 e. The number of nitrogens with zero attached hydrogens (tertiary/aromatic N) is 2. The second-order valence-corrected chi connectivity index (χ2v) is 6.02. The van der Waals surface area contributed by atoms with Crippen molar-refractivity contribution in [3.8, 4) is 5.75 Å². The molecule has 0 aliphatic heterocycles. The van der Waals surface area contributed by atoms with Crippen molar-refractivity contribution < 1.29 is 19.3 Å². The van der Waals surface area contributed by atoms with E-state index in [4.69, 9.17) is 4.74 Å². The van der Waals surface area contributed by atoms with Crippen LogP contribution in [-0.2, 0) is 13.0 Å². The number of hydrogen-bond donors (Lipinski definition) is 2. The summed E-state index contributed by atoms with van der Waals surface area (Å²) >= 11 is 0. The van der Waals surface area contributed by atoms with Gasteiger partial charge < -0.3 is 14.9 Å². The summed E-state index contributed by atoms with van der Waals surface area (Å²) in [5, 5.41) is 19.8. The molecule has 2 atom stereocenters. The van der Waals surface area contributed by atoms with Crippen LogP contribution in [0.5, 0.6) is 5.75 Å². The quantitative estimate of drug-likeness (QED) is 0.774. The molecule has 2 N–H and O–H groups in total. The van der Waals surface area contributed by atoms with Crippen LogP contribution >= 0.6 is 0 Å². The van der Waals surface area contributed by atoms with Crippen LogP contribution in [0.3, 0.4) is 0 Å². The van der Waals surface area contributed by atoms with Gasteiger partial charge in [-0.15, -0.1) is 0 Å². The molecular weight excluding hydrogens is 311 g/mol. The van der Waals surface area contributed by atoms with Crippen LogP contribution < -0.4 is 4.74 Å². The van der Waals surface area contributed by atoms with Gasteiger partial charge in [-0.25, -0.2) is 9.37 Å². The summed E-state index contributed by atoms with van der Waals surface area (Å²) in [7, 11) is 0. The molecule has 0 radical (unpaired) electrons. The molecule has 124 valence electrons. The number of fused-ring (bicyclic) bond motifs is 2. The third-order valence-corrected chi connectivity index (χ3v) is 4.51. The highest BCUT2D eigenvalue weighted by atomic mass is 19.1. The molecule has 0 saturated carbocycles. The Hall–Kier alpha value is -2.44. The molecule has 1 aliphatic rings. The van der Waals surface area contributed by atoms with Gasteiger partial charge in [-0.1, -0.05) is 6.07 Å². The fourth-order valence-corrected chi connectivity index (χ4v) is 3.33. The number of aliphatic hydroxyl groups excluding tert-OH is 2. The number of aliphatic hydroxyl groups is 2. The molecule has 0 saturated heterocycles. The highest BCUT2D eigenvalue weighted by molar-refractivity contribution is 5.56. The molecule has 0 fully saturated rings. The van der Waals surface area contributed by atoms with Crippen LogP contribution in [0.4, 0.5) is 4.39 Å². The monoisotopic (exact) mass is 328 g/mol. The first-order valence-electron chi connectivity index (χ1n) is 7.79. The molecule has 2 unspecified atom stereocenters. The number of halogens is 1. The summed E-state index contributed by atoms with van der Waals surface area (Å²) in [5.74, 6) is 0.196. The van der Waals surface area contributed by atoms with E-state index in [1.54, 1.807) is 22.6 Å². The molecule has 0 amide bonds. The molecule has 1 aliphatic carbocycles. The standard InChI is InChI=1S/C18H17FN2O3/c1-10-14(9-22)21-6-2-3-16(18(21)20-10)24-17-13-5-4-12(19)7-11(13)8-15(17)23/h2-7,15,17,22-23H,8-9H2,1H3. The van der Waals surface area contributed by atoms with Crippen molar-refractivity contribution in [1.29, 1.82) is 0 Å². The lowest BCUT2D eigenvalue weighted by Gasteiger charge is -2.18. The number of rotatable bonds is 3. The average Bonchev–Trinajstić information content (AvgIpc) is 3.04. The molecule has 3 aromatic rings. The molecule has 5 nitrogen and oxygen atoms in total. The highest BCUT2D eigenvalue weighted by Crippen LogP contribution is 2.37. The van der Waals surface area contributed by atoms with Crippen molar-refractivity contribution in [3.63, 3.8) is 0 Å². The Bertz CT molecular complexity index is 922. The van der Waals surface area contributed by atoms with Crippen LogP contribution in [0, 0.1) is 12.7 Å². The average molecular weight is 328 g/mol. The number of imidazole rings is 1. The maximum Gasteiger partial charge on any atom is 0.180 e. The van der Waals surface area contributed by atoms with E-state index in [0.717, 1.165) is 16.8 Å². The van der Waals surface area contributed by atoms with Gasteiger partial charge in [0.2, 0.25) is 0 Å². The number of ether oxygens (including phenoxy) is 1. The van der Waals surface area contributed by atoms with Gasteiger partial charge in [0.25, 0.3) is 0 Å². The number of aromatic nitrogens is 2. The van der Waals surface area contributed by atoms with Gasteiger partial charge in [0.15, 0.2) is 17.5 Å². The maximum absolute atomic E-state index is 13.4. The van der Waals surface area contributed by atoms with E-state index >= 15 is 0 Å². The Morgan fingerprint density at radius 3 is 3.00 bits per heavy atom. The third kappa shape index (κ3) is 2.26. The maximum atomic E-state index is 13.4. The molecule has 2 heterocycles. The topological polar surface area (TPSA) is 67.0 Å². The van der Waals surface area contributed by atoms with E-state index in [2.05, 4.69) is 4.98 Å². The van der Waals surface area contributed by atoms with Crippen molar-refractivity contribution >= 4 is 5.65 Å². The first-order valence-corrected chi connectivity index (χ1v) is 7.79. The second-order valence-electron chi connectivity index (χ2n) is 6.02. The van der Waals surface area contributed by atoms with E-state index in [0.29, 0.717) is 23.5 Å². The van der Waals surface area contributed by atoms with Crippen molar-refractivity contribution in [2.24, 2.45) is 0 Å². The third-order valence-electron chi connectivity index (χ3n) is 4.51. The lowest BCUT2D eigenvalue weighted by Crippen LogP contribution is -2.19. The van der Waals surface area contributed by atoms with Crippen LogP contribution in [-0.4, -0.2) is 25.7 Å². The van der Waals surface area contributed by atoms with Gasteiger partial charge in [0.1, 0.15) is 5.82 Å². The highest BCUT2D eigenvalue weighted by Gasteiger charge is 2.33. The van der Waals surface area contributed by atoms with Gasteiger partial charge in [-0.3, -0.25) is 4.40 Å². The molecule has 0 spiro atoms. The number of benzene rings is 1. The Morgan fingerprint density at radius 2 is 2.21 bits per heavy atom. The van der Waals surface area contributed by atoms with E-state index in [-0.39, 0.29) is 12.4 Å². The molecule has 24 heavy (non-hydrogen) atoms. The van der Waals surface area contributed by atoms with Gasteiger partial charge in [-0.2, -0.15) is 0 Å². The number of hydrogen-bond acceptors (Lipinski definition) is 4. The van der Waals surface area contributed by atoms with Crippen molar-refractivity contribution in [2.75, 3.05) is 0 Å². The van der Waals surface area contributed by atoms with Crippen molar-refractivity contribution in [3.05, 3.63) is 64.9 Å². The molecular formula is C18H17FN2O3. The van der Waals surface area contributed by atoms with E-state index in [9.17, 15) is 14.6 Å². The first kappa shape index (κ1) is 15.1. The Morgan fingerprint density at radius 1 is 1.38 bits per heavy atom. The predicted molar refractivity (Wildman–Crippen MR) is 85.3 cm³/mol. The molecule has 4 rings (SSSR count). The van der Waals surface area contributed by atoms with E-state index < -0.39 is 12.2 Å². The van der Waals surface area contributed by atoms with Crippen LogP contribution in [0.15, 0.2) is 36.5 Å². The second kappa shape index (κ2) is 5.58. The first-order chi connectivity index (χ1) is 11.6. The van der Waals surface area contributed by atoms with Gasteiger partial charge in [0, 0.05) is 12.6 Å². The Balaban J connectivity index is 1.76. The summed E-state index contributed by atoms with van der Waals surface area (Å²) in [6, 6.07) is 8.04. The van der Waals surface area contributed by atoms with E-state index in [1.807, 2.05) is 13.1 Å². The van der Waals surface area contributed by atoms with Gasteiger partial charge in [0.05, 0.1) is 24.1 Å². The van der Waals surface area contributed by atoms with Gasteiger partial charge >= 0.3 is 0 Å². The minimum absolute atomic E-state index is 0.120. The van der Waals surface area contributed by atoms with E-state index in [1.165, 1.54) is 12.1 Å². The molecule has 0 bridgehead atoms. The molecule has 1 aromatic carbocycles. The lowest BCUT2D eigenvalue weighted by molar-refractivity contribution is 0.0502. The SMILES string of the molecule is Cc1nc2c(OC3c4ccc(F)cc4CC3O)cccn2c1CO.